The van der Waals surface area contributed by atoms with Crippen molar-refractivity contribution in [3.8, 4) is 11.1 Å². The van der Waals surface area contributed by atoms with Gasteiger partial charge in [0.25, 0.3) is 11.5 Å². The molecule has 2 N–H and O–H groups in total. The Balaban J connectivity index is 1.56. The number of morpholine rings is 1. The Hall–Kier alpha value is -3.98. The van der Waals surface area contributed by atoms with E-state index in [-0.39, 0.29) is 17.9 Å². The monoisotopic (exact) mass is 448 g/mol. The van der Waals surface area contributed by atoms with Crippen LogP contribution in [0.3, 0.4) is 0 Å². The number of anilines is 2. The zero-order valence-electron chi connectivity index (χ0n) is 18.2. The summed E-state index contributed by atoms with van der Waals surface area (Å²) in [5.41, 5.74) is 2.77. The largest absolute Gasteiger partial charge is 0.481 e. The van der Waals surface area contributed by atoms with E-state index in [1.807, 2.05) is 6.07 Å². The van der Waals surface area contributed by atoms with E-state index in [1.54, 1.807) is 54.5 Å². The molecule has 0 bridgehead atoms. The number of aryl methyl sites for hydroxylation is 1. The van der Waals surface area contributed by atoms with Crippen molar-refractivity contribution in [3.05, 3.63) is 76.3 Å². The Kier molecular flexibility index (Phi) is 6.50. The number of carboxylic acid groups (broad SMARTS) is 1. The van der Waals surface area contributed by atoms with Crippen LogP contribution in [-0.2, 0) is 23.0 Å². The second-order valence-corrected chi connectivity index (χ2v) is 7.79. The summed E-state index contributed by atoms with van der Waals surface area (Å²) in [5, 5.41) is 12.1. The number of benzene rings is 1. The van der Waals surface area contributed by atoms with Crippen LogP contribution in [0.25, 0.3) is 11.1 Å². The molecule has 1 saturated heterocycles. The molecule has 1 fully saturated rings. The van der Waals surface area contributed by atoms with E-state index in [1.165, 1.54) is 10.8 Å². The Bertz CT molecular complexity index is 1230. The van der Waals surface area contributed by atoms with E-state index in [9.17, 15) is 14.4 Å². The van der Waals surface area contributed by atoms with E-state index in [2.05, 4.69) is 10.3 Å². The van der Waals surface area contributed by atoms with Crippen LogP contribution in [0.4, 0.5) is 11.5 Å². The van der Waals surface area contributed by atoms with E-state index in [0.29, 0.717) is 48.9 Å². The number of hydrogen-bond donors (Lipinski definition) is 2. The van der Waals surface area contributed by atoms with Gasteiger partial charge >= 0.3 is 5.97 Å². The molecule has 9 heteroatoms. The van der Waals surface area contributed by atoms with Gasteiger partial charge in [-0.25, -0.2) is 4.98 Å². The Labute approximate surface area is 190 Å². The fourth-order valence-electron chi connectivity index (χ4n) is 3.68. The number of rotatable bonds is 6. The molecule has 0 unspecified atom stereocenters. The molecule has 2 aromatic heterocycles. The molecule has 33 heavy (non-hydrogen) atoms. The predicted octanol–water partition coefficient (Wildman–Crippen LogP) is 2.29. The summed E-state index contributed by atoms with van der Waals surface area (Å²) in [6.07, 6.45) is 3.11. The third-order valence-electron chi connectivity index (χ3n) is 5.37. The van der Waals surface area contributed by atoms with Gasteiger partial charge in [-0.15, -0.1) is 0 Å². The third-order valence-corrected chi connectivity index (χ3v) is 5.37. The minimum Gasteiger partial charge on any atom is -0.481 e. The molecule has 1 amide bonds. The van der Waals surface area contributed by atoms with Crippen LogP contribution in [0.15, 0.2) is 59.7 Å². The first-order valence-electron chi connectivity index (χ1n) is 10.5. The second-order valence-electron chi connectivity index (χ2n) is 7.79. The molecular weight excluding hydrogens is 424 g/mol. The van der Waals surface area contributed by atoms with Gasteiger partial charge in [-0.1, -0.05) is 24.3 Å². The maximum Gasteiger partial charge on any atom is 0.307 e. The van der Waals surface area contributed by atoms with Crippen LogP contribution < -0.4 is 10.9 Å². The van der Waals surface area contributed by atoms with Crippen LogP contribution >= 0.6 is 0 Å². The average molecular weight is 448 g/mol. The zero-order valence-corrected chi connectivity index (χ0v) is 18.2. The number of hydrogen-bond acceptors (Lipinski definition) is 6. The highest BCUT2D eigenvalue weighted by Crippen LogP contribution is 2.23. The minimum absolute atomic E-state index is 0.0792. The Morgan fingerprint density at radius 2 is 1.91 bits per heavy atom. The molecular formula is C24H24N4O5. The molecule has 0 spiro atoms. The molecule has 3 aromatic rings. The molecule has 3 heterocycles. The summed E-state index contributed by atoms with van der Waals surface area (Å²) in [6.45, 7) is 2.15. The first-order chi connectivity index (χ1) is 15.9. The van der Waals surface area contributed by atoms with Gasteiger partial charge in [0.1, 0.15) is 11.5 Å². The summed E-state index contributed by atoms with van der Waals surface area (Å²) < 4.78 is 6.74. The molecule has 1 aromatic carbocycles. The van der Waals surface area contributed by atoms with Gasteiger partial charge in [0.2, 0.25) is 0 Å². The van der Waals surface area contributed by atoms with Crippen molar-refractivity contribution < 1.29 is 19.4 Å². The number of nitrogens with zero attached hydrogens (tertiary/aromatic N) is 3. The van der Waals surface area contributed by atoms with Gasteiger partial charge in [0.05, 0.1) is 25.2 Å². The van der Waals surface area contributed by atoms with Crippen LogP contribution in [-0.4, -0.2) is 57.7 Å². The van der Waals surface area contributed by atoms with Crippen molar-refractivity contribution in [2.45, 2.75) is 6.42 Å². The maximum absolute atomic E-state index is 12.7. The molecule has 1 aliphatic rings. The van der Waals surface area contributed by atoms with Crippen molar-refractivity contribution in [1.82, 2.24) is 14.5 Å². The Morgan fingerprint density at radius 3 is 2.61 bits per heavy atom. The quantitative estimate of drug-likeness (QED) is 0.595. The molecule has 0 atom stereocenters. The smallest absolute Gasteiger partial charge is 0.307 e. The van der Waals surface area contributed by atoms with Gasteiger partial charge in [0, 0.05) is 38.1 Å². The summed E-state index contributed by atoms with van der Waals surface area (Å²) in [7, 11) is 1.65. The zero-order chi connectivity index (χ0) is 23.4. The second kappa shape index (κ2) is 9.66. The highest BCUT2D eigenvalue weighted by atomic mass is 16.5. The first kappa shape index (κ1) is 22.2. The van der Waals surface area contributed by atoms with Crippen molar-refractivity contribution in [1.29, 1.82) is 0 Å². The van der Waals surface area contributed by atoms with Gasteiger partial charge < -0.3 is 24.6 Å². The normalized spacial score (nSPS) is 13.5. The van der Waals surface area contributed by atoms with Crippen LogP contribution in [0.5, 0.6) is 0 Å². The molecule has 9 nitrogen and oxygen atoms in total. The van der Waals surface area contributed by atoms with Crippen LogP contribution in [0.1, 0.15) is 15.9 Å². The number of carbonyl (C=O) groups is 2. The number of amides is 1. The van der Waals surface area contributed by atoms with E-state index in [0.717, 1.165) is 11.1 Å². The van der Waals surface area contributed by atoms with Crippen molar-refractivity contribution in [2.24, 2.45) is 7.05 Å². The predicted molar refractivity (Wildman–Crippen MR) is 123 cm³/mol. The minimum atomic E-state index is -0.906. The number of nitrogens with one attached hydrogen (secondary N) is 1. The summed E-state index contributed by atoms with van der Waals surface area (Å²) in [5.74, 6) is -0.574. The lowest BCUT2D eigenvalue weighted by molar-refractivity contribution is -0.136. The lowest BCUT2D eigenvalue weighted by Crippen LogP contribution is -2.40. The van der Waals surface area contributed by atoms with Crippen molar-refractivity contribution in [2.75, 3.05) is 31.6 Å². The summed E-state index contributed by atoms with van der Waals surface area (Å²) in [6, 6.07) is 12.2. The fourth-order valence-corrected chi connectivity index (χ4v) is 3.68. The SMILES string of the molecule is Cn1cc(-c2cccc(CC(=O)O)c2)cc(Nc2ccc(C(=O)N3CCOCC3)cn2)c1=O. The molecule has 1 aliphatic heterocycles. The van der Waals surface area contributed by atoms with Gasteiger partial charge in [-0.05, 0) is 29.3 Å². The molecule has 170 valence electrons. The highest BCUT2D eigenvalue weighted by Gasteiger charge is 2.19. The number of carbonyl (C=O) groups excluding carboxylic acids is 1. The molecule has 0 aliphatic carbocycles. The summed E-state index contributed by atoms with van der Waals surface area (Å²) >= 11 is 0. The number of carboxylic acids is 1. The lowest BCUT2D eigenvalue weighted by atomic mass is 10.0. The Morgan fingerprint density at radius 1 is 1.12 bits per heavy atom. The number of aromatic nitrogens is 2. The third kappa shape index (κ3) is 5.27. The van der Waals surface area contributed by atoms with Crippen LogP contribution in [0.2, 0.25) is 0 Å². The van der Waals surface area contributed by atoms with Crippen LogP contribution in [0, 0.1) is 0 Å². The summed E-state index contributed by atoms with van der Waals surface area (Å²) in [4.78, 5) is 42.3. The topological polar surface area (TPSA) is 114 Å². The first-order valence-corrected chi connectivity index (χ1v) is 10.5. The lowest BCUT2D eigenvalue weighted by Gasteiger charge is -2.26. The van der Waals surface area contributed by atoms with E-state index >= 15 is 0 Å². The van der Waals surface area contributed by atoms with Gasteiger partial charge in [-0.3, -0.25) is 14.4 Å². The van der Waals surface area contributed by atoms with Crippen molar-refractivity contribution >= 4 is 23.4 Å². The highest BCUT2D eigenvalue weighted by molar-refractivity contribution is 5.94. The number of ether oxygens (including phenoxy) is 1. The molecule has 4 rings (SSSR count). The molecule has 0 saturated carbocycles. The molecule has 0 radical (unpaired) electrons. The number of pyridine rings is 2. The van der Waals surface area contributed by atoms with Gasteiger partial charge in [0.15, 0.2) is 0 Å². The standard InChI is InChI=1S/C24H24N4O5/c1-27-15-19(17-4-2-3-16(11-17)12-22(29)30)13-20(24(27)32)26-21-6-5-18(14-25-21)23(31)28-7-9-33-10-8-28/h2-6,11,13-15H,7-10,12H2,1H3,(H,25,26)(H,29,30). The van der Waals surface area contributed by atoms with Crippen molar-refractivity contribution in [3.63, 3.8) is 0 Å². The van der Waals surface area contributed by atoms with Gasteiger partial charge in [-0.2, -0.15) is 0 Å². The average Bonchev–Trinajstić information content (AvgIpc) is 2.82. The fraction of sp³-hybridized carbons (Fsp3) is 0.250. The number of aliphatic carboxylic acids is 1. The van der Waals surface area contributed by atoms with E-state index in [4.69, 9.17) is 9.84 Å². The maximum atomic E-state index is 12.7. The van der Waals surface area contributed by atoms with E-state index < -0.39 is 5.97 Å².